The fourth-order valence-electron chi connectivity index (χ4n) is 1.07. The van der Waals surface area contributed by atoms with Gasteiger partial charge >= 0.3 is 0 Å². The number of halogens is 1. The minimum atomic E-state index is -0.652. The molecule has 0 aliphatic heterocycles. The minimum Gasteiger partial charge on any atom is -0.508 e. The second-order valence-corrected chi connectivity index (χ2v) is 2.66. The van der Waals surface area contributed by atoms with Crippen LogP contribution in [0.25, 0.3) is 0 Å². The summed E-state index contributed by atoms with van der Waals surface area (Å²) in [5, 5.41) is 27.6. The van der Waals surface area contributed by atoms with Crippen LogP contribution in [-0.2, 0) is 0 Å². The first-order chi connectivity index (χ1) is 6.06. The SMILES string of the molecule is C=C[C@H](N)c1c(O)cc(O)cc1O.Cl. The van der Waals surface area contributed by atoms with Gasteiger partial charge in [0, 0.05) is 12.1 Å². The number of nitrogens with two attached hydrogens (primary N) is 1. The highest BCUT2D eigenvalue weighted by atomic mass is 35.5. The molecule has 0 radical (unpaired) electrons. The highest BCUT2D eigenvalue weighted by Gasteiger charge is 2.14. The summed E-state index contributed by atoms with van der Waals surface area (Å²) in [7, 11) is 0. The summed E-state index contributed by atoms with van der Waals surface area (Å²) in [5.74, 6) is -0.704. The summed E-state index contributed by atoms with van der Waals surface area (Å²) in [4.78, 5) is 0. The van der Waals surface area contributed by atoms with E-state index < -0.39 is 6.04 Å². The summed E-state index contributed by atoms with van der Waals surface area (Å²) in [5.41, 5.74) is 5.69. The smallest absolute Gasteiger partial charge is 0.128 e. The van der Waals surface area contributed by atoms with Crippen molar-refractivity contribution in [2.75, 3.05) is 0 Å². The summed E-state index contributed by atoms with van der Waals surface area (Å²) < 4.78 is 0. The normalized spacial score (nSPS) is 11.5. The molecule has 0 fully saturated rings. The molecule has 0 amide bonds. The van der Waals surface area contributed by atoms with E-state index in [9.17, 15) is 10.2 Å². The molecular formula is C9H12ClNO3. The van der Waals surface area contributed by atoms with Crippen molar-refractivity contribution in [1.29, 1.82) is 0 Å². The third kappa shape index (κ3) is 2.31. The fraction of sp³-hybridized carbons (Fsp3) is 0.111. The number of benzene rings is 1. The van der Waals surface area contributed by atoms with Gasteiger partial charge in [-0.2, -0.15) is 0 Å². The monoisotopic (exact) mass is 217 g/mol. The Morgan fingerprint density at radius 3 is 2.00 bits per heavy atom. The Balaban J connectivity index is 0.00000169. The lowest BCUT2D eigenvalue weighted by atomic mass is 10.1. The third-order valence-corrected chi connectivity index (χ3v) is 1.71. The molecule has 5 N–H and O–H groups in total. The second-order valence-electron chi connectivity index (χ2n) is 2.66. The van der Waals surface area contributed by atoms with Crippen LogP contribution in [0.15, 0.2) is 24.8 Å². The topological polar surface area (TPSA) is 86.7 Å². The van der Waals surface area contributed by atoms with Gasteiger partial charge in [-0.25, -0.2) is 0 Å². The zero-order chi connectivity index (χ0) is 10.0. The summed E-state index contributed by atoms with van der Waals surface area (Å²) in [6, 6.07) is 1.57. The predicted octanol–water partition coefficient (Wildman–Crippen LogP) is 1.41. The van der Waals surface area contributed by atoms with Crippen LogP contribution in [0.3, 0.4) is 0 Å². The third-order valence-electron chi connectivity index (χ3n) is 1.71. The Bertz CT molecular complexity index is 318. The maximum atomic E-state index is 9.33. The van der Waals surface area contributed by atoms with Crippen molar-refractivity contribution in [2.45, 2.75) is 6.04 Å². The molecular weight excluding hydrogens is 206 g/mol. The molecule has 0 aliphatic rings. The molecule has 4 nitrogen and oxygen atoms in total. The highest BCUT2D eigenvalue weighted by Crippen LogP contribution is 2.35. The van der Waals surface area contributed by atoms with Crippen molar-refractivity contribution in [1.82, 2.24) is 0 Å². The van der Waals surface area contributed by atoms with Gasteiger partial charge in [0.25, 0.3) is 0 Å². The van der Waals surface area contributed by atoms with Crippen LogP contribution in [-0.4, -0.2) is 15.3 Å². The van der Waals surface area contributed by atoms with E-state index in [2.05, 4.69) is 6.58 Å². The van der Waals surface area contributed by atoms with Crippen LogP contribution in [0.2, 0.25) is 0 Å². The summed E-state index contributed by atoms with van der Waals surface area (Å²) in [6.07, 6.45) is 1.38. The lowest BCUT2D eigenvalue weighted by Crippen LogP contribution is -2.06. The molecule has 0 heterocycles. The maximum Gasteiger partial charge on any atom is 0.128 e. The molecule has 0 saturated heterocycles. The largest absolute Gasteiger partial charge is 0.508 e. The lowest BCUT2D eigenvalue weighted by Gasteiger charge is -2.11. The molecule has 0 unspecified atom stereocenters. The Kier molecular flexibility index (Phi) is 4.27. The van der Waals surface area contributed by atoms with Crippen molar-refractivity contribution in [3.63, 3.8) is 0 Å². The van der Waals surface area contributed by atoms with E-state index >= 15 is 0 Å². The van der Waals surface area contributed by atoms with Gasteiger partial charge < -0.3 is 21.1 Å². The molecule has 0 saturated carbocycles. The fourth-order valence-corrected chi connectivity index (χ4v) is 1.07. The van der Waals surface area contributed by atoms with E-state index in [-0.39, 0.29) is 35.2 Å². The number of rotatable bonds is 2. The number of phenols is 3. The molecule has 0 bridgehead atoms. The minimum absolute atomic E-state index is 0. The van der Waals surface area contributed by atoms with Gasteiger partial charge in [0.1, 0.15) is 17.2 Å². The van der Waals surface area contributed by atoms with E-state index in [4.69, 9.17) is 10.8 Å². The first-order valence-electron chi connectivity index (χ1n) is 3.69. The quantitative estimate of drug-likeness (QED) is 0.564. The second kappa shape index (κ2) is 4.74. The molecule has 1 aromatic rings. The van der Waals surface area contributed by atoms with Gasteiger partial charge in [0.05, 0.1) is 11.6 Å². The van der Waals surface area contributed by atoms with Crippen molar-refractivity contribution in [2.24, 2.45) is 5.73 Å². The standard InChI is InChI=1S/C9H11NO3.ClH/c1-2-6(10)9-7(12)3-5(11)4-8(9)13;/h2-4,6,11-13H,1,10H2;1H/t6-;/m0./s1. The zero-order valence-electron chi connectivity index (χ0n) is 7.34. The Morgan fingerprint density at radius 2 is 1.64 bits per heavy atom. The highest BCUT2D eigenvalue weighted by molar-refractivity contribution is 5.85. The van der Waals surface area contributed by atoms with E-state index in [0.29, 0.717) is 0 Å². The Hall–Kier alpha value is -1.39. The van der Waals surface area contributed by atoms with Crippen LogP contribution in [0.4, 0.5) is 0 Å². The molecule has 1 rings (SSSR count). The molecule has 0 aromatic heterocycles. The number of hydrogen-bond donors (Lipinski definition) is 4. The zero-order valence-corrected chi connectivity index (χ0v) is 8.16. The van der Waals surface area contributed by atoms with Gasteiger partial charge in [-0.15, -0.1) is 19.0 Å². The van der Waals surface area contributed by atoms with Crippen molar-refractivity contribution in [3.8, 4) is 17.2 Å². The molecule has 1 aromatic carbocycles. The van der Waals surface area contributed by atoms with Gasteiger partial charge in [0.2, 0.25) is 0 Å². The molecule has 78 valence electrons. The molecule has 5 heteroatoms. The van der Waals surface area contributed by atoms with Crippen LogP contribution in [0.1, 0.15) is 11.6 Å². The van der Waals surface area contributed by atoms with E-state index in [1.165, 1.54) is 6.08 Å². The average Bonchev–Trinajstić information content (AvgIpc) is 2.02. The number of aromatic hydroxyl groups is 3. The van der Waals surface area contributed by atoms with E-state index in [1.54, 1.807) is 0 Å². The van der Waals surface area contributed by atoms with E-state index in [1.807, 2.05) is 0 Å². The number of phenolic OH excluding ortho intramolecular Hbond substituents is 3. The van der Waals surface area contributed by atoms with E-state index in [0.717, 1.165) is 12.1 Å². The Labute approximate surface area is 87.7 Å². The van der Waals surface area contributed by atoms with Crippen LogP contribution in [0.5, 0.6) is 17.2 Å². The number of hydrogen-bond acceptors (Lipinski definition) is 4. The van der Waals surface area contributed by atoms with Gasteiger partial charge in [-0.3, -0.25) is 0 Å². The van der Waals surface area contributed by atoms with Gasteiger partial charge in [0.15, 0.2) is 0 Å². The maximum absolute atomic E-state index is 9.33. The van der Waals surface area contributed by atoms with Crippen molar-refractivity contribution < 1.29 is 15.3 Å². The van der Waals surface area contributed by atoms with Crippen LogP contribution < -0.4 is 5.73 Å². The van der Waals surface area contributed by atoms with Crippen LogP contribution in [0, 0.1) is 0 Å². The Morgan fingerprint density at radius 1 is 1.21 bits per heavy atom. The first kappa shape index (κ1) is 12.6. The summed E-state index contributed by atoms with van der Waals surface area (Å²) in [6.45, 7) is 3.43. The summed E-state index contributed by atoms with van der Waals surface area (Å²) >= 11 is 0. The van der Waals surface area contributed by atoms with Crippen molar-refractivity contribution >= 4 is 12.4 Å². The van der Waals surface area contributed by atoms with Crippen LogP contribution >= 0.6 is 12.4 Å². The molecule has 1 atom stereocenters. The van der Waals surface area contributed by atoms with Gasteiger partial charge in [-0.1, -0.05) is 6.08 Å². The molecule has 14 heavy (non-hydrogen) atoms. The van der Waals surface area contributed by atoms with Gasteiger partial charge in [-0.05, 0) is 0 Å². The molecule has 0 aliphatic carbocycles. The molecule has 0 spiro atoms. The van der Waals surface area contributed by atoms with Crippen molar-refractivity contribution in [3.05, 3.63) is 30.4 Å². The lowest BCUT2D eigenvalue weighted by molar-refractivity contribution is 0.416. The first-order valence-corrected chi connectivity index (χ1v) is 3.69. The average molecular weight is 218 g/mol. The predicted molar refractivity (Wildman–Crippen MR) is 55.8 cm³/mol.